The number of hydrogen-bond acceptors (Lipinski definition) is 7. The molecule has 0 aromatic rings. The highest BCUT2D eigenvalue weighted by molar-refractivity contribution is 5.69. The fourth-order valence-electron chi connectivity index (χ4n) is 4.80. The van der Waals surface area contributed by atoms with Crippen LogP contribution in [0.5, 0.6) is 0 Å². The van der Waals surface area contributed by atoms with Crippen molar-refractivity contribution in [1.82, 2.24) is 4.90 Å². The van der Waals surface area contributed by atoms with Gasteiger partial charge in [0.25, 0.3) is 0 Å². The molecule has 0 N–H and O–H groups in total. The molecule has 0 saturated heterocycles. The van der Waals surface area contributed by atoms with E-state index in [4.69, 9.17) is 18.9 Å². The van der Waals surface area contributed by atoms with Gasteiger partial charge in [0, 0.05) is 26.1 Å². The molecule has 0 unspecified atom stereocenters. The van der Waals surface area contributed by atoms with E-state index >= 15 is 0 Å². The third-order valence-corrected chi connectivity index (χ3v) is 7.21. The Kier molecular flexibility index (Phi) is 29.0. The molecular weight excluding hydrogens is 530 g/mol. The summed E-state index contributed by atoms with van der Waals surface area (Å²) in [4.78, 5) is 26.5. The Morgan fingerprint density at radius 3 is 1.52 bits per heavy atom. The monoisotopic (exact) mass is 600 g/mol. The molecule has 0 aliphatic rings. The zero-order valence-corrected chi connectivity index (χ0v) is 28.5. The molecule has 7 heteroatoms. The predicted molar refractivity (Wildman–Crippen MR) is 174 cm³/mol. The summed E-state index contributed by atoms with van der Waals surface area (Å²) in [5, 5.41) is 0. The van der Waals surface area contributed by atoms with Crippen LogP contribution in [0, 0.1) is 0 Å². The number of ether oxygens (including phenoxy) is 4. The lowest BCUT2D eigenvalue weighted by atomic mass is 10.1. The van der Waals surface area contributed by atoms with Crippen LogP contribution in [0.15, 0.2) is 0 Å². The highest BCUT2D eigenvalue weighted by Gasteiger charge is 2.16. The zero-order valence-electron chi connectivity index (χ0n) is 28.5. The first-order valence-corrected chi connectivity index (χ1v) is 17.5. The smallest absolute Gasteiger partial charge is 0.306 e. The molecule has 0 radical (unpaired) electrons. The van der Waals surface area contributed by atoms with Crippen molar-refractivity contribution in [3.63, 3.8) is 0 Å². The minimum atomic E-state index is -0.426. The fourth-order valence-corrected chi connectivity index (χ4v) is 4.80. The summed E-state index contributed by atoms with van der Waals surface area (Å²) in [6, 6.07) is 0. The van der Waals surface area contributed by atoms with Gasteiger partial charge < -0.3 is 23.8 Å². The lowest BCUT2D eigenvalue weighted by Crippen LogP contribution is -2.29. The van der Waals surface area contributed by atoms with Crippen LogP contribution in [-0.4, -0.2) is 68.7 Å². The predicted octanol–water partition coefficient (Wildman–Crippen LogP) is 9.01. The highest BCUT2D eigenvalue weighted by Crippen LogP contribution is 2.12. The van der Waals surface area contributed by atoms with Crippen LogP contribution in [0.3, 0.4) is 0 Å². The van der Waals surface area contributed by atoms with Crippen LogP contribution in [0.4, 0.5) is 0 Å². The quantitative estimate of drug-likeness (QED) is 0.0447. The zero-order chi connectivity index (χ0) is 31.2. The second-order valence-corrected chi connectivity index (χ2v) is 12.7. The molecule has 0 aromatic carbocycles. The van der Waals surface area contributed by atoms with E-state index < -0.39 is 5.60 Å². The maximum Gasteiger partial charge on any atom is 0.306 e. The van der Waals surface area contributed by atoms with Gasteiger partial charge in [0.05, 0.1) is 6.61 Å². The van der Waals surface area contributed by atoms with Crippen molar-refractivity contribution in [3.05, 3.63) is 0 Å². The van der Waals surface area contributed by atoms with Crippen molar-refractivity contribution in [3.8, 4) is 0 Å². The van der Waals surface area contributed by atoms with Crippen molar-refractivity contribution in [2.75, 3.05) is 46.2 Å². The SMILES string of the molecule is CCCCCCCOCOCCCCCCN(CCCCCCOC(=O)CCCCCC)CCCC(=O)OC(C)(C)C. The average Bonchev–Trinajstić information content (AvgIpc) is 2.93. The standard InChI is InChI=1S/C35H69NO6/c1-6-8-10-14-20-29-39-32-40-30-21-15-12-18-26-36(28-23-25-34(38)42-35(3,4)5)27-19-13-16-22-31-41-33(37)24-17-11-9-7-2/h6-32H2,1-5H3. The van der Waals surface area contributed by atoms with Crippen molar-refractivity contribution in [2.45, 2.75) is 169 Å². The van der Waals surface area contributed by atoms with Gasteiger partial charge in [-0.25, -0.2) is 0 Å². The summed E-state index contributed by atoms with van der Waals surface area (Å²) in [5.74, 6) is -0.154. The molecule has 0 aliphatic heterocycles. The van der Waals surface area contributed by atoms with E-state index in [1.807, 2.05) is 20.8 Å². The molecule has 42 heavy (non-hydrogen) atoms. The Morgan fingerprint density at radius 1 is 0.524 bits per heavy atom. The second kappa shape index (κ2) is 29.9. The first kappa shape index (κ1) is 40.8. The molecule has 0 saturated carbocycles. The summed E-state index contributed by atoms with van der Waals surface area (Å²) in [6.07, 6.45) is 21.4. The molecule has 7 nitrogen and oxygen atoms in total. The lowest BCUT2D eigenvalue weighted by Gasteiger charge is -2.23. The minimum Gasteiger partial charge on any atom is -0.466 e. The van der Waals surface area contributed by atoms with E-state index in [-0.39, 0.29) is 11.9 Å². The first-order valence-electron chi connectivity index (χ1n) is 17.5. The summed E-state index contributed by atoms with van der Waals surface area (Å²) in [6.45, 7) is 15.7. The van der Waals surface area contributed by atoms with Crippen LogP contribution in [0.2, 0.25) is 0 Å². The van der Waals surface area contributed by atoms with E-state index in [1.54, 1.807) is 0 Å². The molecule has 0 amide bonds. The molecule has 0 bridgehead atoms. The van der Waals surface area contributed by atoms with Gasteiger partial charge in [0.2, 0.25) is 0 Å². The van der Waals surface area contributed by atoms with Crippen LogP contribution >= 0.6 is 0 Å². The van der Waals surface area contributed by atoms with E-state index in [0.29, 0.717) is 26.2 Å². The van der Waals surface area contributed by atoms with E-state index in [0.717, 1.165) is 97.1 Å². The highest BCUT2D eigenvalue weighted by atomic mass is 16.7. The van der Waals surface area contributed by atoms with E-state index in [1.165, 1.54) is 51.4 Å². The summed E-state index contributed by atoms with van der Waals surface area (Å²) >= 11 is 0. The van der Waals surface area contributed by atoms with Gasteiger partial charge >= 0.3 is 11.9 Å². The van der Waals surface area contributed by atoms with Crippen LogP contribution < -0.4 is 0 Å². The topological polar surface area (TPSA) is 74.3 Å². The lowest BCUT2D eigenvalue weighted by molar-refractivity contribution is -0.155. The maximum atomic E-state index is 12.1. The Hall–Kier alpha value is -1.18. The molecule has 0 aromatic heterocycles. The van der Waals surface area contributed by atoms with Crippen LogP contribution in [-0.2, 0) is 28.5 Å². The van der Waals surface area contributed by atoms with Gasteiger partial charge in [-0.05, 0) is 85.4 Å². The summed E-state index contributed by atoms with van der Waals surface area (Å²) in [7, 11) is 0. The van der Waals surface area contributed by atoms with Crippen molar-refractivity contribution in [2.24, 2.45) is 0 Å². The van der Waals surface area contributed by atoms with E-state index in [9.17, 15) is 9.59 Å². The Labute approximate surface area is 260 Å². The number of hydrogen-bond donors (Lipinski definition) is 0. The maximum absolute atomic E-state index is 12.1. The van der Waals surface area contributed by atoms with Gasteiger partial charge in [-0.1, -0.05) is 84.5 Å². The number of esters is 2. The Balaban J connectivity index is 4.04. The average molecular weight is 600 g/mol. The Morgan fingerprint density at radius 2 is 0.976 bits per heavy atom. The van der Waals surface area contributed by atoms with E-state index in [2.05, 4.69) is 18.7 Å². The second-order valence-electron chi connectivity index (χ2n) is 12.7. The molecular formula is C35H69NO6. The van der Waals surface area contributed by atoms with Crippen molar-refractivity contribution < 1.29 is 28.5 Å². The van der Waals surface area contributed by atoms with Crippen molar-refractivity contribution >= 4 is 11.9 Å². The number of carbonyl (C=O) groups excluding carboxylic acids is 2. The van der Waals surface area contributed by atoms with Gasteiger partial charge in [-0.15, -0.1) is 0 Å². The number of nitrogens with zero attached hydrogens (tertiary/aromatic N) is 1. The van der Waals surface area contributed by atoms with Crippen LogP contribution in [0.1, 0.15) is 163 Å². The van der Waals surface area contributed by atoms with Crippen molar-refractivity contribution in [1.29, 1.82) is 0 Å². The molecule has 0 heterocycles. The van der Waals surface area contributed by atoms with Gasteiger partial charge in [-0.2, -0.15) is 0 Å². The fraction of sp³-hybridized carbons (Fsp3) is 0.943. The number of unbranched alkanes of at least 4 members (excludes halogenated alkanes) is 13. The third kappa shape index (κ3) is 31.7. The minimum absolute atomic E-state index is 0.0460. The molecule has 0 fully saturated rings. The third-order valence-electron chi connectivity index (χ3n) is 7.21. The van der Waals surface area contributed by atoms with Crippen LogP contribution in [0.25, 0.3) is 0 Å². The first-order chi connectivity index (χ1) is 20.3. The van der Waals surface area contributed by atoms with Gasteiger partial charge in [0.1, 0.15) is 12.4 Å². The largest absolute Gasteiger partial charge is 0.466 e. The van der Waals surface area contributed by atoms with Gasteiger partial charge in [0.15, 0.2) is 0 Å². The Bertz CT molecular complexity index is 607. The summed E-state index contributed by atoms with van der Waals surface area (Å²) < 4.78 is 22.1. The molecule has 0 atom stereocenters. The van der Waals surface area contributed by atoms with Gasteiger partial charge in [-0.3, -0.25) is 9.59 Å². The molecule has 0 rings (SSSR count). The molecule has 0 spiro atoms. The summed E-state index contributed by atoms with van der Waals surface area (Å²) in [5.41, 5.74) is -0.426. The normalized spacial score (nSPS) is 11.8. The number of rotatable bonds is 31. The molecule has 250 valence electrons. The molecule has 0 aliphatic carbocycles. The number of carbonyl (C=O) groups is 2.